The number of amides is 2. The van der Waals surface area contributed by atoms with Gasteiger partial charge >= 0.3 is 0 Å². The summed E-state index contributed by atoms with van der Waals surface area (Å²) in [6.07, 6.45) is 1.45. The second-order valence-electron chi connectivity index (χ2n) is 10.6. The first-order valence-corrected chi connectivity index (χ1v) is 15.7. The highest BCUT2D eigenvalue weighted by molar-refractivity contribution is 7.92. The molecule has 0 saturated carbocycles. The molecule has 0 aliphatic heterocycles. The summed E-state index contributed by atoms with van der Waals surface area (Å²) in [4.78, 5) is 28.5. The highest BCUT2D eigenvalue weighted by Crippen LogP contribution is 2.23. The zero-order valence-corrected chi connectivity index (χ0v) is 25.4. The molecule has 0 saturated heterocycles. The predicted octanol–water partition coefficient (Wildman–Crippen LogP) is 4.92. The number of nitrogens with zero attached hydrogens (tertiary/aromatic N) is 2. The van der Waals surface area contributed by atoms with Crippen molar-refractivity contribution < 1.29 is 22.7 Å². The number of aryl methyl sites for hydroxylation is 1. The fraction of sp³-hybridized carbons (Fsp3) is 0.375. The van der Waals surface area contributed by atoms with E-state index in [0.29, 0.717) is 31.0 Å². The van der Waals surface area contributed by atoms with Crippen LogP contribution in [0.2, 0.25) is 0 Å². The van der Waals surface area contributed by atoms with Gasteiger partial charge in [0.2, 0.25) is 21.8 Å². The molecule has 0 radical (unpaired) electrons. The van der Waals surface area contributed by atoms with Crippen molar-refractivity contribution in [2.75, 3.05) is 23.7 Å². The molecule has 3 rings (SSSR count). The Balaban J connectivity index is 1.84. The fourth-order valence-corrected chi connectivity index (χ4v) is 5.15. The van der Waals surface area contributed by atoms with Crippen LogP contribution < -0.4 is 14.4 Å². The number of rotatable bonds is 14. The van der Waals surface area contributed by atoms with Crippen LogP contribution in [0.5, 0.6) is 5.75 Å². The molecular weight excluding hydrogens is 538 g/mol. The minimum absolute atomic E-state index is 0.177. The van der Waals surface area contributed by atoms with Gasteiger partial charge in [-0.15, -0.1) is 0 Å². The van der Waals surface area contributed by atoms with Crippen molar-refractivity contribution in [3.63, 3.8) is 0 Å². The average molecular weight is 580 g/mol. The van der Waals surface area contributed by atoms with E-state index >= 15 is 0 Å². The molecule has 0 aromatic heterocycles. The van der Waals surface area contributed by atoms with E-state index in [2.05, 4.69) is 5.32 Å². The number of carbonyl (C=O) groups excluding carboxylic acids is 2. The molecule has 3 aromatic carbocycles. The molecule has 2 amide bonds. The SMILES string of the molecule is CC[C@H](C(=O)NCC(C)C)N(Cc1ccc(C)cc1)C(=O)CN(c1ccc(OCc2ccccc2)cc1)S(C)(=O)=O. The van der Waals surface area contributed by atoms with Crippen molar-refractivity contribution in [1.82, 2.24) is 10.2 Å². The normalized spacial score (nSPS) is 12.0. The van der Waals surface area contributed by atoms with E-state index in [0.717, 1.165) is 27.3 Å². The van der Waals surface area contributed by atoms with Crippen LogP contribution >= 0.6 is 0 Å². The van der Waals surface area contributed by atoms with Gasteiger partial charge in [0.1, 0.15) is 24.9 Å². The lowest BCUT2D eigenvalue weighted by molar-refractivity contribution is -0.140. The largest absolute Gasteiger partial charge is 0.489 e. The standard InChI is InChI=1S/C32H41N3O5S/c1-6-30(32(37)33-20-24(2)3)34(21-26-14-12-25(4)13-15-26)31(36)22-35(41(5,38)39)28-16-18-29(19-17-28)40-23-27-10-8-7-9-11-27/h7-19,24,30H,6,20-23H2,1-5H3,(H,33,37)/t30-/m1/s1. The molecule has 8 nitrogen and oxygen atoms in total. The number of ether oxygens (including phenoxy) is 1. The highest BCUT2D eigenvalue weighted by atomic mass is 32.2. The van der Waals surface area contributed by atoms with E-state index in [1.807, 2.05) is 82.3 Å². The zero-order valence-electron chi connectivity index (χ0n) is 24.5. The average Bonchev–Trinajstić information content (AvgIpc) is 2.94. The van der Waals surface area contributed by atoms with E-state index in [1.54, 1.807) is 24.3 Å². The Morgan fingerprint density at radius 1 is 0.902 bits per heavy atom. The Hall–Kier alpha value is -3.85. The van der Waals surface area contributed by atoms with Gasteiger partial charge in [-0.1, -0.05) is 80.9 Å². The number of nitrogens with one attached hydrogen (secondary N) is 1. The monoisotopic (exact) mass is 579 g/mol. The van der Waals surface area contributed by atoms with Gasteiger partial charge in [0, 0.05) is 13.1 Å². The van der Waals surface area contributed by atoms with Gasteiger partial charge in [-0.3, -0.25) is 13.9 Å². The first kappa shape index (κ1) is 31.7. The Kier molecular flexibility index (Phi) is 11.3. The third kappa shape index (κ3) is 9.63. The molecule has 0 bridgehead atoms. The highest BCUT2D eigenvalue weighted by Gasteiger charge is 2.31. The quantitative estimate of drug-likeness (QED) is 0.293. The first-order chi connectivity index (χ1) is 19.5. The maximum Gasteiger partial charge on any atom is 0.244 e. The maximum atomic E-state index is 13.8. The van der Waals surface area contributed by atoms with E-state index in [9.17, 15) is 18.0 Å². The van der Waals surface area contributed by atoms with Crippen molar-refractivity contribution in [2.45, 2.75) is 53.3 Å². The minimum atomic E-state index is -3.82. The molecule has 1 atom stereocenters. The van der Waals surface area contributed by atoms with Crippen LogP contribution in [0.1, 0.15) is 43.9 Å². The molecule has 220 valence electrons. The third-order valence-electron chi connectivity index (χ3n) is 6.60. The molecule has 1 N–H and O–H groups in total. The van der Waals surface area contributed by atoms with Crippen LogP contribution in [0.4, 0.5) is 5.69 Å². The Morgan fingerprint density at radius 3 is 2.10 bits per heavy atom. The molecular formula is C32H41N3O5S. The van der Waals surface area contributed by atoms with E-state index in [4.69, 9.17) is 4.74 Å². The molecule has 0 heterocycles. The van der Waals surface area contributed by atoms with Gasteiger partial charge in [0.25, 0.3) is 0 Å². The molecule has 3 aromatic rings. The molecule has 0 aliphatic carbocycles. The number of hydrogen-bond acceptors (Lipinski definition) is 5. The van der Waals surface area contributed by atoms with E-state index in [1.165, 1.54) is 4.90 Å². The third-order valence-corrected chi connectivity index (χ3v) is 7.74. The molecule has 0 unspecified atom stereocenters. The van der Waals surface area contributed by atoms with Crippen LogP contribution in [-0.4, -0.2) is 50.5 Å². The molecule has 0 fully saturated rings. The maximum absolute atomic E-state index is 13.8. The van der Waals surface area contributed by atoms with Gasteiger partial charge in [0.15, 0.2) is 0 Å². The predicted molar refractivity (Wildman–Crippen MR) is 163 cm³/mol. The topological polar surface area (TPSA) is 96.0 Å². The lowest BCUT2D eigenvalue weighted by Crippen LogP contribution is -2.52. The lowest BCUT2D eigenvalue weighted by atomic mass is 10.1. The van der Waals surface area contributed by atoms with Crippen molar-refractivity contribution in [3.8, 4) is 5.75 Å². The van der Waals surface area contributed by atoms with Gasteiger partial charge in [-0.2, -0.15) is 0 Å². The van der Waals surface area contributed by atoms with E-state index in [-0.39, 0.29) is 18.4 Å². The van der Waals surface area contributed by atoms with Crippen LogP contribution in [0.15, 0.2) is 78.9 Å². The summed E-state index contributed by atoms with van der Waals surface area (Å²) in [6, 6.07) is 23.3. The number of anilines is 1. The van der Waals surface area contributed by atoms with E-state index < -0.39 is 28.5 Å². The van der Waals surface area contributed by atoms with Crippen molar-refractivity contribution >= 4 is 27.5 Å². The zero-order chi connectivity index (χ0) is 30.0. The number of hydrogen-bond donors (Lipinski definition) is 1. The molecule has 41 heavy (non-hydrogen) atoms. The van der Waals surface area contributed by atoms with Gasteiger partial charge in [0.05, 0.1) is 11.9 Å². The summed E-state index contributed by atoms with van der Waals surface area (Å²) in [6.45, 7) is 8.41. The van der Waals surface area contributed by atoms with Gasteiger partial charge in [-0.05, 0) is 54.7 Å². The molecule has 0 spiro atoms. The van der Waals surface area contributed by atoms with Crippen LogP contribution in [0, 0.1) is 12.8 Å². The Labute approximate surface area is 244 Å². The minimum Gasteiger partial charge on any atom is -0.489 e. The molecule has 9 heteroatoms. The summed E-state index contributed by atoms with van der Waals surface area (Å²) in [5.74, 6) is 0.101. The Morgan fingerprint density at radius 2 is 1.54 bits per heavy atom. The van der Waals surface area contributed by atoms with Crippen LogP contribution in [0.25, 0.3) is 0 Å². The van der Waals surface area contributed by atoms with Gasteiger partial charge in [-0.25, -0.2) is 8.42 Å². The number of carbonyl (C=O) groups is 2. The lowest BCUT2D eigenvalue weighted by Gasteiger charge is -2.33. The fourth-order valence-electron chi connectivity index (χ4n) is 4.30. The summed E-state index contributed by atoms with van der Waals surface area (Å²) in [5.41, 5.74) is 3.27. The second-order valence-corrected chi connectivity index (χ2v) is 12.5. The van der Waals surface area contributed by atoms with Gasteiger partial charge < -0.3 is 15.0 Å². The van der Waals surface area contributed by atoms with Crippen molar-refractivity contribution in [2.24, 2.45) is 5.92 Å². The van der Waals surface area contributed by atoms with Crippen molar-refractivity contribution in [1.29, 1.82) is 0 Å². The molecule has 0 aliphatic rings. The summed E-state index contributed by atoms with van der Waals surface area (Å²) in [5, 5.41) is 2.93. The smallest absolute Gasteiger partial charge is 0.244 e. The summed E-state index contributed by atoms with van der Waals surface area (Å²) in [7, 11) is -3.82. The van der Waals surface area contributed by atoms with Crippen LogP contribution in [-0.2, 0) is 32.8 Å². The van der Waals surface area contributed by atoms with Crippen molar-refractivity contribution in [3.05, 3.63) is 95.6 Å². The first-order valence-electron chi connectivity index (χ1n) is 13.8. The Bertz CT molecular complexity index is 1380. The second kappa shape index (κ2) is 14.7. The number of sulfonamides is 1. The summed E-state index contributed by atoms with van der Waals surface area (Å²) < 4.78 is 32.7. The van der Waals surface area contributed by atoms with Crippen LogP contribution in [0.3, 0.4) is 0 Å². The number of benzene rings is 3. The summed E-state index contributed by atoms with van der Waals surface area (Å²) >= 11 is 0.